The summed E-state index contributed by atoms with van der Waals surface area (Å²) in [5.41, 5.74) is 2.19. The lowest BCUT2D eigenvalue weighted by atomic mass is 9.95. The van der Waals surface area contributed by atoms with E-state index < -0.39 is 23.5 Å². The van der Waals surface area contributed by atoms with Gasteiger partial charge in [0, 0.05) is 5.69 Å². The fourth-order valence-corrected chi connectivity index (χ4v) is 3.64. The molecule has 3 aromatic rings. The van der Waals surface area contributed by atoms with Crippen LogP contribution in [0, 0.1) is 0 Å². The summed E-state index contributed by atoms with van der Waals surface area (Å²) in [6.07, 6.45) is 3.06. The molecule has 0 bridgehead atoms. The summed E-state index contributed by atoms with van der Waals surface area (Å²) in [5, 5.41) is 10.7. The smallest absolute Gasteiger partial charge is 0.294 e. The maximum absolute atomic E-state index is 13.1. The molecule has 4 rings (SSSR count). The predicted octanol–water partition coefficient (Wildman–Crippen LogP) is 4.88. The standard InChI is InChI=1S/C26H21NO4/c1-31-21-15-13-20(14-16-21)27-24(19-10-6-3-7-11-19)23(25(29)26(27)30)22(28)17-12-18-8-4-2-5-9-18/h2-17,24,29H,1H3. The number of methoxy groups -OCH3 is 1. The molecule has 1 aliphatic rings. The fraction of sp³-hybridized carbons (Fsp3) is 0.0769. The van der Waals surface area contributed by atoms with E-state index in [0.29, 0.717) is 11.4 Å². The number of hydrogen-bond acceptors (Lipinski definition) is 4. The van der Waals surface area contributed by atoms with Gasteiger partial charge in [0.2, 0.25) is 0 Å². The number of aliphatic hydroxyl groups excluding tert-OH is 1. The molecular formula is C26H21NO4. The third-order valence-electron chi connectivity index (χ3n) is 5.17. The van der Waals surface area contributed by atoms with E-state index in [1.807, 2.05) is 60.7 Å². The van der Waals surface area contributed by atoms with E-state index in [4.69, 9.17) is 4.74 Å². The van der Waals surface area contributed by atoms with Crippen molar-refractivity contribution >= 4 is 23.5 Å². The third-order valence-corrected chi connectivity index (χ3v) is 5.17. The van der Waals surface area contributed by atoms with Crippen LogP contribution in [0.5, 0.6) is 5.75 Å². The molecular weight excluding hydrogens is 390 g/mol. The van der Waals surface area contributed by atoms with E-state index >= 15 is 0 Å². The third kappa shape index (κ3) is 3.98. The SMILES string of the molecule is COc1ccc(N2C(=O)C(O)=C(C(=O)C=Cc3ccccc3)C2c2ccccc2)cc1. The largest absolute Gasteiger partial charge is 0.503 e. The van der Waals surface area contributed by atoms with Gasteiger partial charge in [-0.2, -0.15) is 0 Å². The quantitative estimate of drug-likeness (QED) is 0.587. The van der Waals surface area contributed by atoms with Gasteiger partial charge in [-0.25, -0.2) is 0 Å². The van der Waals surface area contributed by atoms with Crippen LogP contribution >= 0.6 is 0 Å². The summed E-state index contributed by atoms with van der Waals surface area (Å²) in [4.78, 5) is 27.6. The predicted molar refractivity (Wildman–Crippen MR) is 120 cm³/mol. The minimum atomic E-state index is -0.741. The highest BCUT2D eigenvalue weighted by molar-refractivity contribution is 6.19. The molecule has 0 aromatic heterocycles. The van der Waals surface area contributed by atoms with Crippen molar-refractivity contribution in [2.45, 2.75) is 6.04 Å². The summed E-state index contributed by atoms with van der Waals surface area (Å²) in [7, 11) is 1.56. The topological polar surface area (TPSA) is 66.8 Å². The van der Waals surface area contributed by atoms with Gasteiger partial charge in [0.25, 0.3) is 5.91 Å². The Kier molecular flexibility index (Phi) is 5.67. The monoisotopic (exact) mass is 411 g/mol. The Morgan fingerprint density at radius 2 is 1.55 bits per heavy atom. The number of ketones is 1. The Balaban J connectivity index is 1.76. The number of aliphatic hydroxyl groups is 1. The Hall–Kier alpha value is -4.12. The number of benzene rings is 3. The molecule has 1 unspecified atom stereocenters. The molecule has 1 N–H and O–H groups in total. The first kappa shape index (κ1) is 20.2. The molecule has 3 aromatic carbocycles. The minimum Gasteiger partial charge on any atom is -0.503 e. The Morgan fingerprint density at radius 3 is 2.16 bits per heavy atom. The van der Waals surface area contributed by atoms with Crippen LogP contribution in [0.1, 0.15) is 17.2 Å². The Morgan fingerprint density at radius 1 is 0.935 bits per heavy atom. The van der Waals surface area contributed by atoms with E-state index in [-0.39, 0.29) is 5.57 Å². The normalized spacial score (nSPS) is 16.2. The van der Waals surface area contributed by atoms with Crippen LogP contribution in [0.2, 0.25) is 0 Å². The summed E-state index contributed by atoms with van der Waals surface area (Å²) in [5.74, 6) is -0.923. The van der Waals surface area contributed by atoms with Gasteiger partial charge in [-0.15, -0.1) is 0 Å². The number of carbonyl (C=O) groups is 2. The van der Waals surface area contributed by atoms with Crippen LogP contribution in [-0.4, -0.2) is 23.9 Å². The number of amides is 1. The molecule has 5 nitrogen and oxygen atoms in total. The molecule has 0 fully saturated rings. The maximum atomic E-state index is 13.1. The zero-order chi connectivity index (χ0) is 21.8. The molecule has 154 valence electrons. The van der Waals surface area contributed by atoms with Crippen LogP contribution in [0.15, 0.2) is 102 Å². The number of anilines is 1. The highest BCUT2D eigenvalue weighted by Crippen LogP contribution is 2.41. The van der Waals surface area contributed by atoms with Crippen molar-refractivity contribution in [1.82, 2.24) is 0 Å². The first-order chi connectivity index (χ1) is 15.1. The minimum absolute atomic E-state index is 0.0548. The van der Waals surface area contributed by atoms with Crippen molar-refractivity contribution in [3.63, 3.8) is 0 Å². The molecule has 1 heterocycles. The molecule has 0 saturated heterocycles. The van der Waals surface area contributed by atoms with Crippen molar-refractivity contribution in [3.8, 4) is 5.75 Å². The first-order valence-corrected chi connectivity index (χ1v) is 9.83. The molecule has 1 amide bonds. The fourth-order valence-electron chi connectivity index (χ4n) is 3.64. The number of carbonyl (C=O) groups excluding carboxylic acids is 2. The van der Waals surface area contributed by atoms with Crippen LogP contribution < -0.4 is 9.64 Å². The number of hydrogen-bond donors (Lipinski definition) is 1. The summed E-state index contributed by atoms with van der Waals surface area (Å²) >= 11 is 0. The highest BCUT2D eigenvalue weighted by Gasteiger charge is 2.43. The molecule has 1 aliphatic heterocycles. The lowest BCUT2D eigenvalue weighted by Gasteiger charge is -2.26. The number of nitrogens with zero attached hydrogens (tertiary/aromatic N) is 1. The van der Waals surface area contributed by atoms with Gasteiger partial charge in [-0.3, -0.25) is 14.5 Å². The van der Waals surface area contributed by atoms with Gasteiger partial charge >= 0.3 is 0 Å². The molecule has 31 heavy (non-hydrogen) atoms. The van der Waals surface area contributed by atoms with Gasteiger partial charge in [0.15, 0.2) is 11.5 Å². The Bertz CT molecular complexity index is 1150. The highest BCUT2D eigenvalue weighted by atomic mass is 16.5. The van der Waals surface area contributed by atoms with Crippen LogP contribution in [0.25, 0.3) is 6.08 Å². The zero-order valence-corrected chi connectivity index (χ0v) is 16.9. The molecule has 0 spiro atoms. The van der Waals surface area contributed by atoms with E-state index in [9.17, 15) is 14.7 Å². The lowest BCUT2D eigenvalue weighted by Crippen LogP contribution is -2.30. The summed E-state index contributed by atoms with van der Waals surface area (Å²) in [6, 6.07) is 24.8. The van der Waals surface area contributed by atoms with E-state index in [2.05, 4.69) is 0 Å². The number of rotatable bonds is 6. The van der Waals surface area contributed by atoms with E-state index in [1.165, 1.54) is 11.0 Å². The second-order valence-corrected chi connectivity index (χ2v) is 7.06. The van der Waals surface area contributed by atoms with Crippen LogP contribution in [-0.2, 0) is 9.59 Å². The Labute approximate surface area is 180 Å². The van der Waals surface area contributed by atoms with Gasteiger partial charge in [0.05, 0.1) is 18.7 Å². The molecule has 1 atom stereocenters. The van der Waals surface area contributed by atoms with Crippen molar-refractivity contribution in [2.24, 2.45) is 0 Å². The first-order valence-electron chi connectivity index (χ1n) is 9.83. The van der Waals surface area contributed by atoms with Gasteiger partial charge in [-0.05, 0) is 41.5 Å². The van der Waals surface area contributed by atoms with E-state index in [1.54, 1.807) is 37.5 Å². The van der Waals surface area contributed by atoms with Gasteiger partial charge < -0.3 is 9.84 Å². The maximum Gasteiger partial charge on any atom is 0.294 e. The van der Waals surface area contributed by atoms with Gasteiger partial charge in [0.1, 0.15) is 5.75 Å². The van der Waals surface area contributed by atoms with Crippen LogP contribution in [0.4, 0.5) is 5.69 Å². The summed E-state index contributed by atoms with van der Waals surface area (Å²) < 4.78 is 5.20. The van der Waals surface area contributed by atoms with Crippen molar-refractivity contribution in [2.75, 3.05) is 12.0 Å². The van der Waals surface area contributed by atoms with Gasteiger partial charge in [-0.1, -0.05) is 66.7 Å². The average molecular weight is 411 g/mol. The van der Waals surface area contributed by atoms with Crippen molar-refractivity contribution in [3.05, 3.63) is 113 Å². The lowest BCUT2D eigenvalue weighted by molar-refractivity contribution is -0.117. The molecule has 0 aliphatic carbocycles. The molecule has 0 radical (unpaired) electrons. The molecule has 0 saturated carbocycles. The van der Waals surface area contributed by atoms with Crippen molar-refractivity contribution < 1.29 is 19.4 Å². The second kappa shape index (κ2) is 8.71. The average Bonchev–Trinajstić information content (AvgIpc) is 3.09. The molecule has 5 heteroatoms. The zero-order valence-electron chi connectivity index (χ0n) is 16.9. The van der Waals surface area contributed by atoms with Crippen LogP contribution in [0.3, 0.4) is 0 Å². The summed E-state index contributed by atoms with van der Waals surface area (Å²) in [6.45, 7) is 0. The van der Waals surface area contributed by atoms with Crippen molar-refractivity contribution in [1.29, 1.82) is 0 Å². The number of allylic oxidation sites excluding steroid dienone is 1. The number of ether oxygens (including phenoxy) is 1. The second-order valence-electron chi connectivity index (χ2n) is 7.06. The van der Waals surface area contributed by atoms with E-state index in [0.717, 1.165) is 11.1 Å².